The third kappa shape index (κ3) is 3.22. The standard InChI is InChI=1S/C12H16N2O2S/c1-4-5-6-14-17(15,16)12-9(2)7-11(13)8-10(12)3/h1,7-8,14H,5-6,13H2,2-3H3. The maximum absolute atomic E-state index is 12.0. The summed E-state index contributed by atoms with van der Waals surface area (Å²) in [6.45, 7) is 3.68. The van der Waals surface area contributed by atoms with Crippen LogP contribution >= 0.6 is 0 Å². The molecule has 0 aromatic heterocycles. The molecular formula is C12H16N2O2S. The highest BCUT2D eigenvalue weighted by Crippen LogP contribution is 2.22. The molecule has 0 aliphatic heterocycles. The van der Waals surface area contributed by atoms with Crippen molar-refractivity contribution in [1.82, 2.24) is 4.72 Å². The Morgan fingerprint density at radius 2 is 1.88 bits per heavy atom. The van der Waals surface area contributed by atoms with Gasteiger partial charge < -0.3 is 5.73 Å². The van der Waals surface area contributed by atoms with Gasteiger partial charge in [0.05, 0.1) is 4.90 Å². The zero-order valence-electron chi connectivity index (χ0n) is 9.95. The molecule has 1 aromatic rings. The van der Waals surface area contributed by atoms with Gasteiger partial charge in [0.2, 0.25) is 10.0 Å². The Labute approximate surface area is 102 Å². The molecule has 0 saturated heterocycles. The summed E-state index contributed by atoms with van der Waals surface area (Å²) in [6.07, 6.45) is 5.44. The van der Waals surface area contributed by atoms with Crippen LogP contribution in [0.15, 0.2) is 17.0 Å². The minimum absolute atomic E-state index is 0.238. The zero-order chi connectivity index (χ0) is 13.1. The summed E-state index contributed by atoms with van der Waals surface area (Å²) in [5.74, 6) is 2.38. The van der Waals surface area contributed by atoms with Crippen LogP contribution in [0.5, 0.6) is 0 Å². The van der Waals surface area contributed by atoms with Gasteiger partial charge in [-0.2, -0.15) is 0 Å². The number of nitrogens with two attached hydrogens (primary N) is 1. The number of nitrogens with one attached hydrogen (secondary N) is 1. The van der Waals surface area contributed by atoms with Gasteiger partial charge in [0, 0.05) is 18.7 Å². The number of hydrogen-bond acceptors (Lipinski definition) is 3. The van der Waals surface area contributed by atoms with Crippen LogP contribution in [0.3, 0.4) is 0 Å². The van der Waals surface area contributed by atoms with Crippen LogP contribution in [0.1, 0.15) is 17.5 Å². The Morgan fingerprint density at radius 1 is 1.35 bits per heavy atom. The molecule has 0 amide bonds. The molecule has 0 saturated carbocycles. The summed E-state index contributed by atoms with van der Waals surface area (Å²) < 4.78 is 26.5. The molecule has 4 nitrogen and oxygen atoms in total. The van der Waals surface area contributed by atoms with Crippen molar-refractivity contribution in [1.29, 1.82) is 0 Å². The first-order chi connectivity index (χ1) is 7.88. The number of aryl methyl sites for hydroxylation is 2. The summed E-state index contributed by atoms with van der Waals surface area (Å²) in [7, 11) is -3.51. The minimum Gasteiger partial charge on any atom is -0.399 e. The van der Waals surface area contributed by atoms with Crippen LogP contribution < -0.4 is 10.5 Å². The average molecular weight is 252 g/mol. The van der Waals surface area contributed by atoms with Gasteiger partial charge >= 0.3 is 0 Å². The van der Waals surface area contributed by atoms with Crippen molar-refractivity contribution < 1.29 is 8.42 Å². The fourth-order valence-electron chi connectivity index (χ4n) is 1.74. The van der Waals surface area contributed by atoms with Gasteiger partial charge in [-0.3, -0.25) is 0 Å². The second kappa shape index (κ2) is 5.21. The highest BCUT2D eigenvalue weighted by Gasteiger charge is 2.19. The Balaban J connectivity index is 3.12. The van der Waals surface area contributed by atoms with E-state index >= 15 is 0 Å². The van der Waals surface area contributed by atoms with Gasteiger partial charge in [0.1, 0.15) is 0 Å². The van der Waals surface area contributed by atoms with E-state index in [0.29, 0.717) is 23.2 Å². The largest absolute Gasteiger partial charge is 0.399 e. The number of rotatable bonds is 4. The second-order valence-corrected chi connectivity index (χ2v) is 5.54. The molecule has 1 rings (SSSR count). The summed E-state index contributed by atoms with van der Waals surface area (Å²) in [4.78, 5) is 0.281. The average Bonchev–Trinajstić information content (AvgIpc) is 2.15. The summed E-state index contributed by atoms with van der Waals surface area (Å²) >= 11 is 0. The fraction of sp³-hybridized carbons (Fsp3) is 0.333. The highest BCUT2D eigenvalue weighted by molar-refractivity contribution is 7.89. The van der Waals surface area contributed by atoms with Crippen LogP contribution in [0.4, 0.5) is 5.69 Å². The van der Waals surface area contributed by atoms with Crippen molar-refractivity contribution in [2.24, 2.45) is 0 Å². The number of terminal acetylenes is 1. The van der Waals surface area contributed by atoms with E-state index < -0.39 is 10.0 Å². The molecule has 0 radical (unpaired) electrons. The van der Waals surface area contributed by atoms with E-state index in [2.05, 4.69) is 10.6 Å². The van der Waals surface area contributed by atoms with Crippen molar-refractivity contribution in [3.05, 3.63) is 23.3 Å². The molecule has 0 spiro atoms. The van der Waals surface area contributed by atoms with Crippen LogP contribution in [0.25, 0.3) is 0 Å². The van der Waals surface area contributed by atoms with E-state index in [1.54, 1.807) is 26.0 Å². The summed E-state index contributed by atoms with van der Waals surface area (Å²) in [5, 5.41) is 0. The molecule has 0 heterocycles. The first-order valence-corrected chi connectivity index (χ1v) is 6.66. The SMILES string of the molecule is C#CCCNS(=O)(=O)c1c(C)cc(N)cc1C. The van der Waals surface area contributed by atoms with E-state index in [4.69, 9.17) is 12.2 Å². The zero-order valence-corrected chi connectivity index (χ0v) is 10.8. The number of anilines is 1. The molecule has 0 bridgehead atoms. The van der Waals surface area contributed by atoms with Gasteiger partial charge in [-0.15, -0.1) is 12.3 Å². The lowest BCUT2D eigenvalue weighted by Crippen LogP contribution is -2.26. The number of hydrogen-bond donors (Lipinski definition) is 2. The quantitative estimate of drug-likeness (QED) is 0.480. The Hall–Kier alpha value is -1.51. The highest BCUT2D eigenvalue weighted by atomic mass is 32.2. The van der Waals surface area contributed by atoms with Crippen LogP contribution in [-0.2, 0) is 10.0 Å². The number of nitrogen functional groups attached to an aromatic ring is 1. The molecule has 92 valence electrons. The molecule has 0 fully saturated rings. The van der Waals surface area contributed by atoms with E-state index in [0.717, 1.165) is 0 Å². The monoisotopic (exact) mass is 252 g/mol. The molecule has 0 unspecified atom stereocenters. The molecule has 1 aromatic carbocycles. The lowest BCUT2D eigenvalue weighted by Gasteiger charge is -2.12. The smallest absolute Gasteiger partial charge is 0.241 e. The first kappa shape index (κ1) is 13.6. The van der Waals surface area contributed by atoms with Gasteiger partial charge in [-0.25, -0.2) is 13.1 Å². The van der Waals surface area contributed by atoms with Crippen molar-refractivity contribution in [2.45, 2.75) is 25.2 Å². The van der Waals surface area contributed by atoms with Crippen LogP contribution in [0, 0.1) is 26.2 Å². The maximum Gasteiger partial charge on any atom is 0.241 e. The molecule has 17 heavy (non-hydrogen) atoms. The Morgan fingerprint density at radius 3 is 2.35 bits per heavy atom. The molecule has 0 aliphatic carbocycles. The Kier molecular flexibility index (Phi) is 4.16. The minimum atomic E-state index is -3.51. The summed E-state index contributed by atoms with van der Waals surface area (Å²) in [5.41, 5.74) is 7.48. The molecule has 5 heteroatoms. The molecular weight excluding hydrogens is 236 g/mol. The predicted molar refractivity (Wildman–Crippen MR) is 69.0 cm³/mol. The van der Waals surface area contributed by atoms with Crippen molar-refractivity contribution >= 4 is 15.7 Å². The van der Waals surface area contributed by atoms with Crippen LogP contribution in [-0.4, -0.2) is 15.0 Å². The summed E-state index contributed by atoms with van der Waals surface area (Å²) in [6, 6.07) is 3.28. The fourth-order valence-corrected chi connectivity index (χ4v) is 3.22. The maximum atomic E-state index is 12.0. The predicted octanol–water partition coefficient (Wildman–Crippen LogP) is 1.19. The van der Waals surface area contributed by atoms with Crippen molar-refractivity contribution in [2.75, 3.05) is 12.3 Å². The number of benzene rings is 1. The lowest BCUT2D eigenvalue weighted by molar-refractivity contribution is 0.581. The van der Waals surface area contributed by atoms with Gasteiger partial charge in [-0.1, -0.05) is 0 Å². The van der Waals surface area contributed by atoms with E-state index in [-0.39, 0.29) is 11.4 Å². The molecule has 0 atom stereocenters. The third-order valence-corrected chi connectivity index (χ3v) is 4.08. The first-order valence-electron chi connectivity index (χ1n) is 5.18. The van der Waals surface area contributed by atoms with Gasteiger partial charge in [-0.05, 0) is 37.1 Å². The topological polar surface area (TPSA) is 72.2 Å². The molecule has 0 aliphatic rings. The molecule has 3 N–H and O–H groups in total. The van der Waals surface area contributed by atoms with E-state index in [1.807, 2.05) is 0 Å². The second-order valence-electron chi connectivity index (χ2n) is 3.84. The lowest BCUT2D eigenvalue weighted by atomic mass is 10.1. The van der Waals surface area contributed by atoms with Gasteiger partial charge in [0.15, 0.2) is 0 Å². The normalized spacial score (nSPS) is 11.1. The third-order valence-electron chi connectivity index (χ3n) is 2.31. The van der Waals surface area contributed by atoms with E-state index in [9.17, 15) is 8.42 Å². The number of sulfonamides is 1. The van der Waals surface area contributed by atoms with Crippen molar-refractivity contribution in [3.8, 4) is 12.3 Å². The van der Waals surface area contributed by atoms with Crippen LogP contribution in [0.2, 0.25) is 0 Å². The van der Waals surface area contributed by atoms with Gasteiger partial charge in [0.25, 0.3) is 0 Å². The van der Waals surface area contributed by atoms with E-state index in [1.165, 1.54) is 0 Å². The Bertz CT molecular complexity index is 533. The van der Waals surface area contributed by atoms with Crippen molar-refractivity contribution in [3.63, 3.8) is 0 Å².